The molecule has 0 bridgehead atoms. The van der Waals surface area contributed by atoms with Crippen LogP contribution in [-0.2, 0) is 0 Å². The Labute approximate surface area is 72.3 Å². The number of aliphatic hydroxyl groups excluding tert-OH is 1. The van der Waals surface area contributed by atoms with Gasteiger partial charge in [0.05, 0.1) is 6.04 Å². The summed E-state index contributed by atoms with van der Waals surface area (Å²) < 4.78 is 0. The number of amidine groups is 1. The zero-order chi connectivity index (χ0) is 9.56. The van der Waals surface area contributed by atoms with Crippen LogP contribution in [0.2, 0.25) is 0 Å². The molecular weight excluding hydrogens is 158 g/mol. The van der Waals surface area contributed by atoms with Crippen molar-refractivity contribution in [3.05, 3.63) is 0 Å². The molecule has 0 heterocycles. The number of nitrogens with zero attached hydrogens (tertiary/aromatic N) is 1. The molecule has 5 heteroatoms. The maximum Gasteiger partial charge on any atom is 0.156 e. The topological polar surface area (TPSA) is 90.9 Å². The van der Waals surface area contributed by atoms with Gasteiger partial charge in [-0.1, -0.05) is 5.16 Å². The predicted octanol–water partition coefficient (Wildman–Crippen LogP) is -0.518. The summed E-state index contributed by atoms with van der Waals surface area (Å²) in [6, 6.07) is -0.0122. The third-order valence-electron chi connectivity index (χ3n) is 1.66. The van der Waals surface area contributed by atoms with Crippen molar-refractivity contribution in [1.82, 2.24) is 5.32 Å². The van der Waals surface area contributed by atoms with Crippen molar-refractivity contribution in [3.63, 3.8) is 0 Å². The van der Waals surface area contributed by atoms with Crippen LogP contribution in [0.3, 0.4) is 0 Å². The molecule has 5 N–H and O–H groups in total. The van der Waals surface area contributed by atoms with Crippen LogP contribution in [0.1, 0.15) is 20.3 Å². The van der Waals surface area contributed by atoms with Crippen molar-refractivity contribution in [3.8, 4) is 0 Å². The van der Waals surface area contributed by atoms with Gasteiger partial charge in [0.1, 0.15) is 0 Å². The molecule has 0 rings (SSSR count). The normalized spacial score (nSPS) is 17.4. The van der Waals surface area contributed by atoms with E-state index in [-0.39, 0.29) is 24.5 Å². The molecule has 2 atom stereocenters. The van der Waals surface area contributed by atoms with Crippen LogP contribution in [0.15, 0.2) is 5.16 Å². The largest absolute Gasteiger partial charge is 0.409 e. The maximum atomic E-state index is 8.59. The third kappa shape index (κ3) is 4.15. The fourth-order valence-electron chi connectivity index (χ4n) is 0.876. The minimum atomic E-state index is -0.170. The molecule has 0 aromatic heterocycles. The Morgan fingerprint density at radius 2 is 2.17 bits per heavy atom. The highest BCUT2D eigenvalue weighted by molar-refractivity contribution is 5.84. The Balaban J connectivity index is 3.75. The van der Waals surface area contributed by atoms with Gasteiger partial charge in [0, 0.05) is 12.6 Å². The molecule has 0 fully saturated rings. The first kappa shape index (κ1) is 11.2. The first-order valence-electron chi connectivity index (χ1n) is 3.96. The summed E-state index contributed by atoms with van der Waals surface area (Å²) >= 11 is 0. The summed E-state index contributed by atoms with van der Waals surface area (Å²) in [6.07, 6.45) is 0.656. The highest BCUT2D eigenvalue weighted by atomic mass is 16.4. The smallest absolute Gasteiger partial charge is 0.156 e. The van der Waals surface area contributed by atoms with Crippen molar-refractivity contribution in [2.24, 2.45) is 10.9 Å². The summed E-state index contributed by atoms with van der Waals surface area (Å²) in [7, 11) is 0. The second kappa shape index (κ2) is 5.79. The summed E-state index contributed by atoms with van der Waals surface area (Å²) in [5, 5.41) is 22.8. The molecule has 0 aliphatic rings. The van der Waals surface area contributed by atoms with E-state index in [0.29, 0.717) is 6.42 Å². The third-order valence-corrected chi connectivity index (χ3v) is 1.66. The molecule has 5 nitrogen and oxygen atoms in total. The van der Waals surface area contributed by atoms with Gasteiger partial charge < -0.3 is 21.4 Å². The lowest BCUT2D eigenvalue weighted by Crippen LogP contribution is -2.43. The van der Waals surface area contributed by atoms with E-state index in [1.54, 1.807) is 6.92 Å². The number of hydrogen-bond acceptors (Lipinski definition) is 4. The maximum absolute atomic E-state index is 8.59. The highest BCUT2D eigenvalue weighted by Crippen LogP contribution is 1.92. The monoisotopic (exact) mass is 175 g/mol. The summed E-state index contributed by atoms with van der Waals surface area (Å²) in [5.74, 6) is 0.153. The average molecular weight is 175 g/mol. The minimum absolute atomic E-state index is 0.136. The molecule has 0 amide bonds. The Morgan fingerprint density at radius 3 is 2.58 bits per heavy atom. The fraction of sp³-hybridized carbons (Fsp3) is 0.857. The van der Waals surface area contributed by atoms with Gasteiger partial charge in [-0.15, -0.1) is 0 Å². The lowest BCUT2D eigenvalue weighted by atomic mass is 10.2. The van der Waals surface area contributed by atoms with E-state index < -0.39 is 0 Å². The van der Waals surface area contributed by atoms with E-state index in [4.69, 9.17) is 16.0 Å². The van der Waals surface area contributed by atoms with Gasteiger partial charge in [0.2, 0.25) is 0 Å². The van der Waals surface area contributed by atoms with E-state index >= 15 is 0 Å². The van der Waals surface area contributed by atoms with Gasteiger partial charge in [0.15, 0.2) is 5.84 Å². The molecule has 0 aliphatic carbocycles. The van der Waals surface area contributed by atoms with Gasteiger partial charge in [-0.05, 0) is 20.3 Å². The molecular formula is C7H17N3O2. The molecule has 2 unspecified atom stereocenters. The van der Waals surface area contributed by atoms with Crippen molar-refractivity contribution < 1.29 is 10.3 Å². The van der Waals surface area contributed by atoms with Crippen LogP contribution in [0.25, 0.3) is 0 Å². The lowest BCUT2D eigenvalue weighted by molar-refractivity contribution is 0.267. The predicted molar refractivity (Wildman–Crippen MR) is 47.2 cm³/mol. The van der Waals surface area contributed by atoms with Gasteiger partial charge in [0.25, 0.3) is 0 Å². The number of aliphatic hydroxyl groups is 1. The van der Waals surface area contributed by atoms with Crippen LogP contribution in [0.4, 0.5) is 0 Å². The summed E-state index contributed by atoms with van der Waals surface area (Å²) in [6.45, 7) is 3.86. The standard InChI is InChI=1S/C7H17N3O2/c1-5(3-4-11)9-6(2)7(8)10-12/h5-6,9,11-12H,3-4H2,1-2H3,(H2,8,10). The first-order chi connectivity index (χ1) is 5.61. The molecule has 0 aliphatic heterocycles. The number of nitrogens with one attached hydrogen (secondary N) is 1. The fourth-order valence-corrected chi connectivity index (χ4v) is 0.876. The molecule has 0 radical (unpaired) electrons. The molecule has 0 aromatic carbocycles. The molecule has 0 saturated carbocycles. The Kier molecular flexibility index (Phi) is 5.40. The van der Waals surface area contributed by atoms with Crippen molar-refractivity contribution in [2.75, 3.05) is 6.61 Å². The van der Waals surface area contributed by atoms with Gasteiger partial charge in [-0.25, -0.2) is 0 Å². The van der Waals surface area contributed by atoms with Crippen LogP contribution < -0.4 is 11.1 Å². The van der Waals surface area contributed by atoms with E-state index in [1.165, 1.54) is 0 Å². The van der Waals surface area contributed by atoms with Crippen molar-refractivity contribution in [1.29, 1.82) is 0 Å². The summed E-state index contributed by atoms with van der Waals surface area (Å²) in [4.78, 5) is 0. The first-order valence-corrected chi connectivity index (χ1v) is 3.96. The second-order valence-corrected chi connectivity index (χ2v) is 2.83. The Bertz CT molecular complexity index is 150. The zero-order valence-electron chi connectivity index (χ0n) is 7.49. The summed E-state index contributed by atoms with van der Waals surface area (Å²) in [5.41, 5.74) is 5.34. The van der Waals surface area contributed by atoms with Gasteiger partial charge in [-0.2, -0.15) is 0 Å². The van der Waals surface area contributed by atoms with Gasteiger partial charge >= 0.3 is 0 Å². The average Bonchev–Trinajstić information content (AvgIpc) is 2.03. The molecule has 0 spiro atoms. The molecule has 72 valence electrons. The SMILES string of the molecule is CC(CCO)NC(C)C(N)=NO. The van der Waals surface area contributed by atoms with Crippen LogP contribution in [0.5, 0.6) is 0 Å². The lowest BCUT2D eigenvalue weighted by Gasteiger charge is -2.17. The molecule has 12 heavy (non-hydrogen) atoms. The van der Waals surface area contributed by atoms with Gasteiger partial charge in [-0.3, -0.25) is 0 Å². The quantitative estimate of drug-likeness (QED) is 0.196. The highest BCUT2D eigenvalue weighted by Gasteiger charge is 2.09. The number of hydrogen-bond donors (Lipinski definition) is 4. The number of nitrogens with two attached hydrogens (primary N) is 1. The van der Waals surface area contributed by atoms with E-state index in [0.717, 1.165) is 0 Å². The van der Waals surface area contributed by atoms with Crippen LogP contribution in [-0.4, -0.2) is 34.8 Å². The van der Waals surface area contributed by atoms with Crippen LogP contribution >= 0.6 is 0 Å². The van der Waals surface area contributed by atoms with Crippen molar-refractivity contribution in [2.45, 2.75) is 32.4 Å². The zero-order valence-corrected chi connectivity index (χ0v) is 7.49. The Hall–Kier alpha value is -0.810. The minimum Gasteiger partial charge on any atom is -0.409 e. The van der Waals surface area contributed by atoms with E-state index in [9.17, 15) is 0 Å². The number of oxime groups is 1. The second-order valence-electron chi connectivity index (χ2n) is 2.83. The van der Waals surface area contributed by atoms with Crippen LogP contribution in [0, 0.1) is 0 Å². The number of rotatable bonds is 5. The molecule has 0 saturated heterocycles. The van der Waals surface area contributed by atoms with E-state index in [2.05, 4.69) is 10.5 Å². The molecule has 0 aromatic rings. The van der Waals surface area contributed by atoms with Crippen molar-refractivity contribution >= 4 is 5.84 Å². The Morgan fingerprint density at radius 1 is 1.58 bits per heavy atom. The van der Waals surface area contributed by atoms with E-state index in [1.807, 2.05) is 6.92 Å².